The number of methoxy groups -OCH3 is 1. The summed E-state index contributed by atoms with van der Waals surface area (Å²) in [4.78, 5) is 50.2. The van der Waals surface area contributed by atoms with E-state index in [1.807, 2.05) is 0 Å². The molecule has 0 fully saturated rings. The summed E-state index contributed by atoms with van der Waals surface area (Å²) < 4.78 is 16.5. The number of nitro benzene ring substituents is 1. The predicted octanol–water partition coefficient (Wildman–Crippen LogP) is 7.51. The van der Waals surface area contributed by atoms with Crippen molar-refractivity contribution in [1.29, 1.82) is 0 Å². The number of halogens is 3. The number of hydrogen-bond acceptors (Lipinski definition) is 8. The Morgan fingerprint density at radius 2 is 1.38 bits per heavy atom. The van der Waals surface area contributed by atoms with Crippen LogP contribution in [-0.2, 0) is 11.3 Å². The summed E-state index contributed by atoms with van der Waals surface area (Å²) in [6.07, 6.45) is 0. The van der Waals surface area contributed by atoms with Crippen LogP contribution in [0.4, 0.5) is 11.4 Å². The third kappa shape index (κ3) is 5.60. The summed E-state index contributed by atoms with van der Waals surface area (Å²) in [6.45, 7) is -0.0981. The maximum atomic E-state index is 13.0. The van der Waals surface area contributed by atoms with Crippen molar-refractivity contribution in [2.45, 2.75) is 6.61 Å². The zero-order valence-corrected chi connectivity index (χ0v) is 23.7. The average molecular weight is 628 g/mol. The van der Waals surface area contributed by atoms with E-state index in [1.54, 1.807) is 24.3 Å². The van der Waals surface area contributed by atoms with Gasteiger partial charge < -0.3 is 14.2 Å². The first kappa shape index (κ1) is 28.9. The Hall–Kier alpha value is -4.64. The summed E-state index contributed by atoms with van der Waals surface area (Å²) in [5.41, 5.74) is 0.712. The monoisotopic (exact) mass is 626 g/mol. The molecule has 10 nitrogen and oxygen atoms in total. The Labute approximate surface area is 253 Å². The number of nitro groups is 1. The van der Waals surface area contributed by atoms with Crippen molar-refractivity contribution in [3.05, 3.63) is 120 Å². The number of ether oxygens (including phenoxy) is 3. The minimum absolute atomic E-state index is 0.00659. The van der Waals surface area contributed by atoms with Crippen molar-refractivity contribution in [1.82, 2.24) is 0 Å². The van der Waals surface area contributed by atoms with Gasteiger partial charge in [0.2, 0.25) is 0 Å². The number of anilines is 1. The van der Waals surface area contributed by atoms with Crippen molar-refractivity contribution in [2.75, 3.05) is 12.0 Å². The van der Waals surface area contributed by atoms with Gasteiger partial charge in [-0.2, -0.15) is 0 Å². The molecule has 0 saturated carbocycles. The summed E-state index contributed by atoms with van der Waals surface area (Å²) >= 11 is 18.5. The van der Waals surface area contributed by atoms with Crippen LogP contribution in [0.5, 0.6) is 17.2 Å². The number of non-ortho nitro benzene ring substituents is 1. The molecule has 0 N–H and O–H groups in total. The highest BCUT2D eigenvalue weighted by molar-refractivity contribution is 6.45. The molecule has 1 heterocycles. The first-order valence-electron chi connectivity index (χ1n) is 12.0. The molecule has 13 heteroatoms. The Balaban J connectivity index is 1.28. The number of amides is 2. The van der Waals surface area contributed by atoms with Gasteiger partial charge in [0.15, 0.2) is 0 Å². The topological polar surface area (TPSA) is 125 Å². The fraction of sp³-hybridized carbons (Fsp3) is 0.0690. The van der Waals surface area contributed by atoms with Crippen LogP contribution in [0.1, 0.15) is 36.6 Å². The molecule has 0 radical (unpaired) electrons. The zero-order valence-electron chi connectivity index (χ0n) is 21.4. The first-order valence-corrected chi connectivity index (χ1v) is 13.1. The lowest BCUT2D eigenvalue weighted by atomic mass is 10.1. The summed E-state index contributed by atoms with van der Waals surface area (Å²) in [5, 5.41) is 11.0. The van der Waals surface area contributed by atoms with E-state index in [1.165, 1.54) is 55.6 Å². The van der Waals surface area contributed by atoms with E-state index in [9.17, 15) is 24.5 Å². The minimum Gasteiger partial charge on any atom is -0.496 e. The van der Waals surface area contributed by atoms with E-state index in [0.29, 0.717) is 17.1 Å². The van der Waals surface area contributed by atoms with Gasteiger partial charge in [0, 0.05) is 18.2 Å². The minimum atomic E-state index is -0.757. The van der Waals surface area contributed by atoms with Gasteiger partial charge in [-0.15, -0.1) is 0 Å². The second kappa shape index (κ2) is 11.7. The molecule has 0 bridgehead atoms. The van der Waals surface area contributed by atoms with Gasteiger partial charge in [0.25, 0.3) is 17.5 Å². The summed E-state index contributed by atoms with van der Waals surface area (Å²) in [7, 11) is 1.31. The number of rotatable bonds is 8. The second-order valence-electron chi connectivity index (χ2n) is 8.83. The van der Waals surface area contributed by atoms with Crippen molar-refractivity contribution < 1.29 is 33.5 Å². The van der Waals surface area contributed by atoms with Crippen LogP contribution in [0.2, 0.25) is 15.1 Å². The maximum Gasteiger partial charge on any atom is 0.342 e. The molecular formula is C29H17Cl3N2O8. The van der Waals surface area contributed by atoms with E-state index in [2.05, 4.69) is 0 Å². The zero-order chi connectivity index (χ0) is 30.1. The maximum absolute atomic E-state index is 13.0. The molecule has 0 spiro atoms. The molecule has 1 aliphatic rings. The highest BCUT2D eigenvalue weighted by Crippen LogP contribution is 2.40. The fourth-order valence-electron chi connectivity index (χ4n) is 4.15. The molecule has 0 unspecified atom stereocenters. The Kier molecular flexibility index (Phi) is 8.04. The van der Waals surface area contributed by atoms with Crippen LogP contribution in [0.25, 0.3) is 0 Å². The van der Waals surface area contributed by atoms with Gasteiger partial charge in [0.1, 0.15) is 29.4 Å². The molecule has 4 aromatic carbocycles. The number of esters is 1. The van der Waals surface area contributed by atoms with Crippen molar-refractivity contribution in [3.63, 3.8) is 0 Å². The largest absolute Gasteiger partial charge is 0.496 e. The van der Waals surface area contributed by atoms with E-state index in [4.69, 9.17) is 49.0 Å². The summed E-state index contributed by atoms with van der Waals surface area (Å²) in [5.74, 6) is -1.16. The van der Waals surface area contributed by atoms with Crippen LogP contribution in [0, 0.1) is 10.1 Å². The number of nitrogens with zero attached hydrogens (tertiary/aromatic N) is 2. The number of fused-ring (bicyclic) bond motifs is 1. The number of imide groups is 1. The third-order valence-corrected chi connectivity index (χ3v) is 7.26. The molecular weight excluding hydrogens is 611 g/mol. The van der Waals surface area contributed by atoms with Crippen LogP contribution in [0.15, 0.2) is 72.8 Å². The molecule has 0 aromatic heterocycles. The number of benzene rings is 4. The molecule has 4 aromatic rings. The smallest absolute Gasteiger partial charge is 0.342 e. The third-order valence-electron chi connectivity index (χ3n) is 6.23. The van der Waals surface area contributed by atoms with Gasteiger partial charge >= 0.3 is 5.97 Å². The predicted molar refractivity (Wildman–Crippen MR) is 154 cm³/mol. The summed E-state index contributed by atoms with van der Waals surface area (Å²) in [6, 6.07) is 17.5. The normalized spacial score (nSPS) is 12.2. The molecule has 1 aliphatic heterocycles. The van der Waals surface area contributed by atoms with E-state index < -0.39 is 22.7 Å². The van der Waals surface area contributed by atoms with E-state index in [-0.39, 0.29) is 55.5 Å². The van der Waals surface area contributed by atoms with Crippen molar-refractivity contribution in [3.8, 4) is 17.2 Å². The lowest BCUT2D eigenvalue weighted by Crippen LogP contribution is -2.29. The first-order chi connectivity index (χ1) is 20.1. The average Bonchev–Trinajstić information content (AvgIpc) is 3.21. The Morgan fingerprint density at radius 1 is 0.833 bits per heavy atom. The standard InChI is InChI=1S/C29H17Cl3N2O8/c1-40-26-13-25(33-27(35)19-10-22(30)23(31)11-20(19)28(33)36)24(32)12-21(26)29(37)41-14-15-2-6-17(7-3-15)42-18-8-4-16(5-9-18)34(38)39/h2-13H,14H2,1H3. The van der Waals surface area contributed by atoms with Crippen molar-refractivity contribution in [2.24, 2.45) is 0 Å². The molecule has 42 heavy (non-hydrogen) atoms. The van der Waals surface area contributed by atoms with Gasteiger partial charge in [-0.25, -0.2) is 9.69 Å². The molecule has 0 saturated heterocycles. The van der Waals surface area contributed by atoms with E-state index >= 15 is 0 Å². The van der Waals surface area contributed by atoms with Crippen LogP contribution in [-0.4, -0.2) is 29.8 Å². The fourth-order valence-corrected chi connectivity index (χ4v) is 4.72. The Bertz CT molecular complexity index is 1720. The van der Waals surface area contributed by atoms with Crippen LogP contribution in [0.3, 0.4) is 0 Å². The SMILES string of the molecule is COc1cc(N2C(=O)c3cc(Cl)c(Cl)cc3C2=O)c(Cl)cc1C(=O)OCc1ccc(Oc2ccc([N+](=O)[O-])cc2)cc1. The molecule has 0 aliphatic carbocycles. The molecule has 5 rings (SSSR count). The number of carbonyl (C=O) groups excluding carboxylic acids is 3. The Morgan fingerprint density at radius 3 is 1.90 bits per heavy atom. The van der Waals surface area contributed by atoms with Gasteiger partial charge in [-0.05, 0) is 48.0 Å². The van der Waals surface area contributed by atoms with Crippen molar-refractivity contribution >= 4 is 64.0 Å². The highest BCUT2D eigenvalue weighted by atomic mass is 35.5. The van der Waals surface area contributed by atoms with Crippen LogP contribution < -0.4 is 14.4 Å². The number of hydrogen-bond donors (Lipinski definition) is 0. The molecule has 2 amide bonds. The number of carbonyl (C=O) groups is 3. The van der Waals surface area contributed by atoms with Crippen LogP contribution >= 0.6 is 34.8 Å². The van der Waals surface area contributed by atoms with Gasteiger partial charge in [0.05, 0.1) is 43.9 Å². The second-order valence-corrected chi connectivity index (χ2v) is 10.1. The van der Waals surface area contributed by atoms with E-state index in [0.717, 1.165) is 4.90 Å². The lowest BCUT2D eigenvalue weighted by Gasteiger charge is -2.18. The lowest BCUT2D eigenvalue weighted by molar-refractivity contribution is -0.384. The van der Waals surface area contributed by atoms with Gasteiger partial charge in [-0.1, -0.05) is 46.9 Å². The molecule has 212 valence electrons. The van der Waals surface area contributed by atoms with Gasteiger partial charge in [-0.3, -0.25) is 19.7 Å². The quantitative estimate of drug-likeness (QED) is 0.0850. The molecule has 0 atom stereocenters. The highest BCUT2D eigenvalue weighted by Gasteiger charge is 2.39.